The number of carbonyl (C=O) groups is 1. The molecule has 2 aromatic carbocycles. The van der Waals surface area contributed by atoms with Gasteiger partial charge in [-0.25, -0.2) is 4.98 Å². The van der Waals surface area contributed by atoms with Crippen molar-refractivity contribution in [2.45, 2.75) is 13.5 Å². The zero-order valence-corrected chi connectivity index (χ0v) is 16.3. The molecule has 0 aliphatic rings. The zero-order valence-electron chi connectivity index (χ0n) is 15.5. The number of rotatable bonds is 6. The molecule has 0 fully saturated rings. The second-order valence-corrected chi connectivity index (χ2v) is 6.71. The Kier molecular flexibility index (Phi) is 5.35. The SMILES string of the molecule is Cc1nc(COc2cccc(NC(=O)c3ccco3)c2)oc1-c1ccc(Cl)cc1. The maximum absolute atomic E-state index is 12.1. The smallest absolute Gasteiger partial charge is 0.291 e. The number of hydrogen-bond donors (Lipinski definition) is 1. The lowest BCUT2D eigenvalue weighted by atomic mass is 10.1. The quantitative estimate of drug-likeness (QED) is 0.441. The Morgan fingerprint density at radius 3 is 2.72 bits per heavy atom. The minimum atomic E-state index is -0.330. The fraction of sp³-hybridized carbons (Fsp3) is 0.0909. The highest BCUT2D eigenvalue weighted by Crippen LogP contribution is 2.27. The van der Waals surface area contributed by atoms with Crippen molar-refractivity contribution in [3.05, 3.63) is 89.3 Å². The standard InChI is InChI=1S/C22H17ClN2O4/c1-14-21(15-7-9-16(23)10-8-15)29-20(24-14)13-28-18-5-2-4-17(12-18)25-22(26)19-6-3-11-27-19/h2-12H,13H2,1H3,(H,25,26). The predicted molar refractivity (Wildman–Crippen MR) is 109 cm³/mol. The average molecular weight is 409 g/mol. The Hall–Kier alpha value is -3.51. The van der Waals surface area contributed by atoms with E-state index < -0.39 is 0 Å². The molecule has 0 radical (unpaired) electrons. The summed E-state index contributed by atoms with van der Waals surface area (Å²) in [5.41, 5.74) is 2.26. The molecule has 1 amide bonds. The van der Waals surface area contributed by atoms with E-state index in [1.165, 1.54) is 6.26 Å². The van der Waals surface area contributed by atoms with Gasteiger partial charge in [0.05, 0.1) is 12.0 Å². The number of oxazole rings is 1. The van der Waals surface area contributed by atoms with Crippen molar-refractivity contribution in [3.63, 3.8) is 0 Å². The molecule has 0 aliphatic carbocycles. The fourth-order valence-electron chi connectivity index (χ4n) is 2.79. The summed E-state index contributed by atoms with van der Waals surface area (Å²) >= 11 is 5.94. The Balaban J connectivity index is 1.42. The first kappa shape index (κ1) is 18.8. The molecule has 2 heterocycles. The van der Waals surface area contributed by atoms with Crippen molar-refractivity contribution in [1.29, 1.82) is 0 Å². The maximum Gasteiger partial charge on any atom is 0.291 e. The van der Waals surface area contributed by atoms with Crippen LogP contribution in [0.15, 0.2) is 75.8 Å². The van der Waals surface area contributed by atoms with Gasteiger partial charge in [0, 0.05) is 22.3 Å². The number of furan rings is 1. The summed E-state index contributed by atoms with van der Waals surface area (Å²) in [6.07, 6.45) is 1.45. The van der Waals surface area contributed by atoms with Crippen molar-refractivity contribution < 1.29 is 18.4 Å². The van der Waals surface area contributed by atoms with Crippen molar-refractivity contribution in [2.75, 3.05) is 5.32 Å². The van der Waals surface area contributed by atoms with Crippen molar-refractivity contribution in [2.24, 2.45) is 0 Å². The van der Waals surface area contributed by atoms with E-state index in [0.29, 0.717) is 28.1 Å². The van der Waals surface area contributed by atoms with Gasteiger partial charge in [0.15, 0.2) is 18.1 Å². The van der Waals surface area contributed by atoms with Crippen LogP contribution in [-0.2, 0) is 6.61 Å². The first-order chi connectivity index (χ1) is 14.1. The van der Waals surface area contributed by atoms with E-state index in [2.05, 4.69) is 10.3 Å². The summed E-state index contributed by atoms with van der Waals surface area (Å²) in [7, 11) is 0. The number of carbonyl (C=O) groups excluding carboxylic acids is 1. The first-order valence-electron chi connectivity index (χ1n) is 8.88. The number of halogens is 1. The molecule has 0 aliphatic heterocycles. The van der Waals surface area contributed by atoms with Crippen molar-refractivity contribution in [3.8, 4) is 17.1 Å². The third-order valence-electron chi connectivity index (χ3n) is 4.15. The topological polar surface area (TPSA) is 77.5 Å². The Morgan fingerprint density at radius 1 is 1.14 bits per heavy atom. The van der Waals surface area contributed by atoms with Crippen LogP contribution in [0.4, 0.5) is 5.69 Å². The van der Waals surface area contributed by atoms with Gasteiger partial charge in [-0.3, -0.25) is 4.79 Å². The third-order valence-corrected chi connectivity index (χ3v) is 4.40. The van der Waals surface area contributed by atoms with E-state index in [9.17, 15) is 4.79 Å². The summed E-state index contributed by atoms with van der Waals surface area (Å²) in [6, 6.07) is 17.7. The van der Waals surface area contributed by atoms with Gasteiger partial charge in [-0.2, -0.15) is 0 Å². The first-order valence-corrected chi connectivity index (χ1v) is 9.26. The zero-order chi connectivity index (χ0) is 20.2. The molecular weight excluding hydrogens is 392 g/mol. The largest absolute Gasteiger partial charge is 0.484 e. The van der Waals surface area contributed by atoms with Gasteiger partial charge < -0.3 is 18.9 Å². The highest BCUT2D eigenvalue weighted by atomic mass is 35.5. The monoisotopic (exact) mass is 408 g/mol. The maximum atomic E-state index is 12.1. The molecule has 4 aromatic rings. The minimum absolute atomic E-state index is 0.157. The second-order valence-electron chi connectivity index (χ2n) is 6.28. The third kappa shape index (κ3) is 4.50. The minimum Gasteiger partial charge on any atom is -0.484 e. The summed E-state index contributed by atoms with van der Waals surface area (Å²) in [6.45, 7) is 2.03. The lowest BCUT2D eigenvalue weighted by Gasteiger charge is -2.07. The van der Waals surface area contributed by atoms with Gasteiger partial charge in [-0.15, -0.1) is 0 Å². The van der Waals surface area contributed by atoms with Crippen LogP contribution in [0, 0.1) is 6.92 Å². The molecule has 0 saturated carbocycles. The number of aromatic nitrogens is 1. The summed E-state index contributed by atoms with van der Waals surface area (Å²) < 4.78 is 16.7. The molecule has 0 bridgehead atoms. The number of nitrogens with one attached hydrogen (secondary N) is 1. The van der Waals surface area contributed by atoms with Crippen LogP contribution in [0.2, 0.25) is 5.02 Å². The molecule has 29 heavy (non-hydrogen) atoms. The number of hydrogen-bond acceptors (Lipinski definition) is 5. The molecule has 0 spiro atoms. The number of benzene rings is 2. The molecule has 0 atom stereocenters. The number of anilines is 1. The Bertz CT molecular complexity index is 1120. The summed E-state index contributed by atoms with van der Waals surface area (Å²) in [5, 5.41) is 3.42. The normalized spacial score (nSPS) is 10.7. The number of ether oxygens (including phenoxy) is 1. The van der Waals surface area contributed by atoms with Crippen LogP contribution >= 0.6 is 11.6 Å². The fourth-order valence-corrected chi connectivity index (χ4v) is 2.92. The van der Waals surface area contributed by atoms with Gasteiger partial charge >= 0.3 is 0 Å². The Labute approximate surface area is 172 Å². The Morgan fingerprint density at radius 2 is 1.97 bits per heavy atom. The molecule has 0 unspecified atom stereocenters. The second kappa shape index (κ2) is 8.24. The van der Waals surface area contributed by atoms with E-state index in [4.69, 9.17) is 25.2 Å². The molecule has 0 saturated heterocycles. The number of aryl methyl sites for hydroxylation is 1. The van der Waals surface area contributed by atoms with Gasteiger partial charge in [-0.05, 0) is 55.5 Å². The van der Waals surface area contributed by atoms with Crippen LogP contribution in [0.3, 0.4) is 0 Å². The van der Waals surface area contributed by atoms with Gasteiger partial charge in [0.2, 0.25) is 5.89 Å². The lowest BCUT2D eigenvalue weighted by molar-refractivity contribution is 0.0996. The van der Waals surface area contributed by atoms with E-state index >= 15 is 0 Å². The number of amides is 1. The van der Waals surface area contributed by atoms with Crippen LogP contribution in [-0.4, -0.2) is 10.9 Å². The highest BCUT2D eigenvalue weighted by Gasteiger charge is 2.13. The summed E-state index contributed by atoms with van der Waals surface area (Å²) in [5.74, 6) is 1.62. The van der Waals surface area contributed by atoms with Crippen LogP contribution in [0.25, 0.3) is 11.3 Å². The van der Waals surface area contributed by atoms with E-state index in [-0.39, 0.29) is 18.3 Å². The van der Waals surface area contributed by atoms with E-state index in [1.54, 1.807) is 48.5 Å². The van der Waals surface area contributed by atoms with E-state index in [1.807, 2.05) is 19.1 Å². The summed E-state index contributed by atoms with van der Waals surface area (Å²) in [4.78, 5) is 16.5. The molecule has 4 rings (SSSR count). The van der Waals surface area contributed by atoms with Crippen LogP contribution in [0.1, 0.15) is 22.1 Å². The van der Waals surface area contributed by atoms with Gasteiger partial charge in [0.25, 0.3) is 5.91 Å². The predicted octanol–water partition coefficient (Wildman–Crippen LogP) is 5.73. The molecule has 1 N–H and O–H groups in total. The van der Waals surface area contributed by atoms with Crippen LogP contribution in [0.5, 0.6) is 5.75 Å². The van der Waals surface area contributed by atoms with Gasteiger partial charge in [0.1, 0.15) is 5.75 Å². The van der Waals surface area contributed by atoms with Crippen molar-refractivity contribution in [1.82, 2.24) is 4.98 Å². The highest BCUT2D eigenvalue weighted by molar-refractivity contribution is 6.30. The van der Waals surface area contributed by atoms with Gasteiger partial charge in [-0.1, -0.05) is 17.7 Å². The molecule has 2 aromatic heterocycles. The number of nitrogens with zero attached hydrogens (tertiary/aromatic N) is 1. The molecule has 7 heteroatoms. The average Bonchev–Trinajstić information content (AvgIpc) is 3.37. The molecule has 146 valence electrons. The molecule has 6 nitrogen and oxygen atoms in total. The van der Waals surface area contributed by atoms with Crippen LogP contribution < -0.4 is 10.1 Å². The molecular formula is C22H17ClN2O4. The van der Waals surface area contributed by atoms with Crippen molar-refractivity contribution >= 4 is 23.2 Å². The lowest BCUT2D eigenvalue weighted by Crippen LogP contribution is -2.10. The van der Waals surface area contributed by atoms with E-state index in [0.717, 1.165) is 11.3 Å².